The molecule has 2 rings (SSSR count). The molecule has 2 N–H and O–H groups in total. The number of nitrogens with zero attached hydrogens (tertiary/aromatic N) is 1. The third kappa shape index (κ3) is 4.21. The second kappa shape index (κ2) is 7.29. The zero-order valence-corrected chi connectivity index (χ0v) is 12.1. The van der Waals surface area contributed by atoms with E-state index in [0.717, 1.165) is 45.3 Å². The van der Waals surface area contributed by atoms with Crippen LogP contribution in [0, 0.1) is 11.8 Å². The molecule has 0 spiro atoms. The molecule has 1 unspecified atom stereocenters. The van der Waals surface area contributed by atoms with Crippen LogP contribution in [0.3, 0.4) is 0 Å². The van der Waals surface area contributed by atoms with Crippen LogP contribution in [0.25, 0.3) is 0 Å². The van der Waals surface area contributed by atoms with Gasteiger partial charge in [0.15, 0.2) is 0 Å². The van der Waals surface area contributed by atoms with Crippen LogP contribution in [0.1, 0.15) is 32.1 Å². The first-order valence-electron chi connectivity index (χ1n) is 7.89. The van der Waals surface area contributed by atoms with Gasteiger partial charge in [-0.3, -0.25) is 4.79 Å². The fourth-order valence-corrected chi connectivity index (χ4v) is 3.54. The second-order valence-electron chi connectivity index (χ2n) is 6.21. The molecule has 3 atom stereocenters. The van der Waals surface area contributed by atoms with Crippen LogP contribution < -0.4 is 5.32 Å². The number of piperidine rings is 1. The number of likely N-dealkylation sites (tertiary alicyclic amines) is 1. The molecule has 2 aliphatic rings. The van der Waals surface area contributed by atoms with E-state index >= 15 is 0 Å². The van der Waals surface area contributed by atoms with Gasteiger partial charge in [-0.05, 0) is 31.7 Å². The third-order valence-corrected chi connectivity index (χ3v) is 4.65. The molecule has 108 valence electrons. The lowest BCUT2D eigenvalue weighted by molar-refractivity contribution is -0.142. The minimum absolute atomic E-state index is 0.143. The molecule has 0 amide bonds. The molecule has 2 heterocycles. The SMILES string of the molecule is BCCC[C@H]1CN(CC2CCCCN2)C[C@H]1C(=O)O. The summed E-state index contributed by atoms with van der Waals surface area (Å²) < 4.78 is 0. The molecular weight excluding hydrogens is 239 g/mol. The summed E-state index contributed by atoms with van der Waals surface area (Å²) in [5, 5.41) is 12.9. The van der Waals surface area contributed by atoms with Gasteiger partial charge in [-0.15, -0.1) is 0 Å². The standard InChI is InChI=1S/C14H27BN2O2/c15-6-3-4-11-8-17(10-13(11)14(18)19)9-12-5-1-2-7-16-12/h11-13,16H,1-10,15H2,(H,18,19)/t11-,12?,13+/m0/s1. The van der Waals surface area contributed by atoms with Crippen molar-refractivity contribution < 1.29 is 9.90 Å². The molecule has 0 radical (unpaired) electrons. The van der Waals surface area contributed by atoms with E-state index in [1.165, 1.54) is 19.3 Å². The lowest BCUT2D eigenvalue weighted by Crippen LogP contribution is -2.43. The van der Waals surface area contributed by atoms with Crippen molar-refractivity contribution in [3.63, 3.8) is 0 Å². The zero-order chi connectivity index (χ0) is 13.7. The van der Waals surface area contributed by atoms with Crippen molar-refractivity contribution in [2.24, 2.45) is 11.8 Å². The van der Waals surface area contributed by atoms with Crippen LogP contribution in [0.2, 0.25) is 6.32 Å². The maximum atomic E-state index is 11.4. The van der Waals surface area contributed by atoms with Gasteiger partial charge >= 0.3 is 5.97 Å². The Balaban J connectivity index is 1.83. The van der Waals surface area contributed by atoms with E-state index in [1.54, 1.807) is 0 Å². The summed E-state index contributed by atoms with van der Waals surface area (Å²) in [6.07, 6.45) is 7.23. The molecule has 4 nitrogen and oxygen atoms in total. The van der Waals surface area contributed by atoms with Crippen molar-refractivity contribution in [3.05, 3.63) is 0 Å². The summed E-state index contributed by atoms with van der Waals surface area (Å²) in [6.45, 7) is 3.89. The van der Waals surface area contributed by atoms with Gasteiger partial charge in [-0.1, -0.05) is 19.2 Å². The number of carboxylic acids is 1. The van der Waals surface area contributed by atoms with E-state index in [1.807, 2.05) is 0 Å². The first-order chi connectivity index (χ1) is 9.20. The van der Waals surface area contributed by atoms with Crippen LogP contribution in [-0.4, -0.2) is 56.0 Å². The fourth-order valence-electron chi connectivity index (χ4n) is 3.54. The normalized spacial score (nSPS) is 32.5. The minimum Gasteiger partial charge on any atom is -0.481 e. The molecule has 2 fully saturated rings. The quantitative estimate of drug-likeness (QED) is 0.691. The molecular formula is C14H27BN2O2. The van der Waals surface area contributed by atoms with Crippen LogP contribution in [-0.2, 0) is 4.79 Å². The summed E-state index contributed by atoms with van der Waals surface area (Å²) in [5.74, 6) is -0.378. The summed E-state index contributed by atoms with van der Waals surface area (Å²) in [5.41, 5.74) is 0. The van der Waals surface area contributed by atoms with E-state index in [9.17, 15) is 9.90 Å². The van der Waals surface area contributed by atoms with Gasteiger partial charge in [0.2, 0.25) is 0 Å². The predicted molar refractivity (Wildman–Crippen MR) is 79.3 cm³/mol. The monoisotopic (exact) mass is 266 g/mol. The van der Waals surface area contributed by atoms with Crippen molar-refractivity contribution in [2.75, 3.05) is 26.2 Å². The van der Waals surface area contributed by atoms with Crippen LogP contribution in [0.15, 0.2) is 0 Å². The number of carboxylic acid groups (broad SMARTS) is 1. The Morgan fingerprint density at radius 2 is 2.21 bits per heavy atom. The number of nitrogens with one attached hydrogen (secondary N) is 1. The Labute approximate surface area is 117 Å². The van der Waals surface area contributed by atoms with E-state index in [4.69, 9.17) is 0 Å². The summed E-state index contributed by atoms with van der Waals surface area (Å²) in [6, 6.07) is 0.577. The number of hydrogen-bond donors (Lipinski definition) is 2. The Kier molecular flexibility index (Phi) is 5.70. The smallest absolute Gasteiger partial charge is 0.308 e. The molecule has 0 aromatic heterocycles. The van der Waals surface area contributed by atoms with Gasteiger partial charge in [-0.25, -0.2) is 0 Å². The molecule has 0 aromatic rings. The van der Waals surface area contributed by atoms with Gasteiger partial charge in [-0.2, -0.15) is 0 Å². The number of carbonyl (C=O) groups is 1. The highest BCUT2D eigenvalue weighted by atomic mass is 16.4. The number of aliphatic carboxylic acids is 1. The van der Waals surface area contributed by atoms with Gasteiger partial charge in [0, 0.05) is 25.7 Å². The first kappa shape index (κ1) is 14.9. The number of rotatable bonds is 6. The average molecular weight is 266 g/mol. The molecule has 19 heavy (non-hydrogen) atoms. The highest BCUT2D eigenvalue weighted by molar-refractivity contribution is 6.08. The average Bonchev–Trinajstić information content (AvgIpc) is 2.80. The highest BCUT2D eigenvalue weighted by Crippen LogP contribution is 2.28. The minimum atomic E-state index is -0.597. The van der Waals surface area contributed by atoms with Crippen molar-refractivity contribution >= 4 is 13.8 Å². The Morgan fingerprint density at radius 1 is 1.37 bits per heavy atom. The number of hydrogen-bond acceptors (Lipinski definition) is 3. The Bertz CT molecular complexity index is 295. The molecule has 0 aromatic carbocycles. The first-order valence-corrected chi connectivity index (χ1v) is 7.89. The van der Waals surface area contributed by atoms with Crippen molar-refractivity contribution in [3.8, 4) is 0 Å². The summed E-state index contributed by atoms with van der Waals surface area (Å²) in [7, 11) is 2.18. The second-order valence-corrected chi connectivity index (χ2v) is 6.21. The van der Waals surface area contributed by atoms with Gasteiger partial charge in [0.25, 0.3) is 0 Å². The Morgan fingerprint density at radius 3 is 2.84 bits per heavy atom. The van der Waals surface area contributed by atoms with Gasteiger partial charge < -0.3 is 15.3 Å². The van der Waals surface area contributed by atoms with E-state index in [0.29, 0.717) is 12.0 Å². The third-order valence-electron chi connectivity index (χ3n) is 4.65. The largest absolute Gasteiger partial charge is 0.481 e. The van der Waals surface area contributed by atoms with Crippen LogP contribution >= 0.6 is 0 Å². The van der Waals surface area contributed by atoms with E-state index < -0.39 is 5.97 Å². The topological polar surface area (TPSA) is 52.6 Å². The molecule has 5 heteroatoms. The maximum absolute atomic E-state index is 11.4. The van der Waals surface area contributed by atoms with E-state index in [-0.39, 0.29) is 5.92 Å². The van der Waals surface area contributed by atoms with Crippen molar-refractivity contribution in [2.45, 2.75) is 44.5 Å². The van der Waals surface area contributed by atoms with Crippen LogP contribution in [0.4, 0.5) is 0 Å². The lowest BCUT2D eigenvalue weighted by atomic mass is 9.88. The Hall–Kier alpha value is -0.545. The lowest BCUT2D eigenvalue weighted by Gasteiger charge is -2.28. The van der Waals surface area contributed by atoms with Gasteiger partial charge in [0.05, 0.1) is 5.92 Å². The molecule has 2 aliphatic heterocycles. The summed E-state index contributed by atoms with van der Waals surface area (Å²) >= 11 is 0. The summed E-state index contributed by atoms with van der Waals surface area (Å²) in [4.78, 5) is 13.7. The molecule has 0 bridgehead atoms. The zero-order valence-electron chi connectivity index (χ0n) is 12.1. The predicted octanol–water partition coefficient (Wildman–Crippen LogP) is 0.593. The molecule has 2 saturated heterocycles. The van der Waals surface area contributed by atoms with Crippen molar-refractivity contribution in [1.29, 1.82) is 0 Å². The van der Waals surface area contributed by atoms with Crippen molar-refractivity contribution in [1.82, 2.24) is 10.2 Å². The molecule has 0 aliphatic carbocycles. The highest BCUT2D eigenvalue weighted by Gasteiger charge is 2.37. The van der Waals surface area contributed by atoms with E-state index in [2.05, 4.69) is 18.1 Å². The van der Waals surface area contributed by atoms with Gasteiger partial charge in [0.1, 0.15) is 7.85 Å². The maximum Gasteiger partial charge on any atom is 0.308 e. The fraction of sp³-hybridized carbons (Fsp3) is 0.929. The van der Waals surface area contributed by atoms with Crippen LogP contribution in [0.5, 0.6) is 0 Å². The molecule has 0 saturated carbocycles.